The van der Waals surface area contributed by atoms with E-state index in [4.69, 9.17) is 12.2 Å². The highest BCUT2D eigenvalue weighted by atomic mass is 32.1. The van der Waals surface area contributed by atoms with E-state index >= 15 is 0 Å². The standard InChI is InChI=1S/C28H26N6O3S/c1-19-10-12-20(13-11-19)30-25(35)14-17-33-27(26(31-28(33)38)23-8-2-3-15-29-23)24-9-5-16-32(24)21-6-4-7-22(18-21)34(36)37/h2-13,15-16,18,26-27H,14,17H2,1H3,(H,30,35)(H,31,38)/t26-,27+/m1/s1. The number of nitrogens with zero attached hydrogens (tertiary/aromatic N) is 4. The molecule has 0 spiro atoms. The van der Waals surface area contributed by atoms with Gasteiger partial charge in [-0.25, -0.2) is 0 Å². The first-order valence-corrected chi connectivity index (χ1v) is 12.6. The van der Waals surface area contributed by atoms with Crippen molar-refractivity contribution in [1.82, 2.24) is 19.8 Å². The molecular weight excluding hydrogens is 500 g/mol. The Hall–Kier alpha value is -4.57. The highest BCUT2D eigenvalue weighted by Crippen LogP contribution is 2.39. The van der Waals surface area contributed by atoms with Crippen LogP contribution in [0.5, 0.6) is 0 Å². The second-order valence-corrected chi connectivity index (χ2v) is 9.45. The normalized spacial score (nSPS) is 16.8. The van der Waals surface area contributed by atoms with Crippen LogP contribution in [0.1, 0.15) is 35.5 Å². The Morgan fingerprint density at radius 2 is 1.92 bits per heavy atom. The number of hydrogen-bond donors (Lipinski definition) is 2. The number of aryl methyl sites for hydroxylation is 1. The zero-order chi connectivity index (χ0) is 26.6. The number of aromatic nitrogens is 2. The third-order valence-corrected chi connectivity index (χ3v) is 6.87. The molecule has 1 fully saturated rings. The third kappa shape index (κ3) is 5.25. The molecule has 2 aromatic carbocycles. The number of anilines is 1. The van der Waals surface area contributed by atoms with Gasteiger partial charge in [-0.15, -0.1) is 0 Å². The van der Waals surface area contributed by atoms with Crippen LogP contribution in [-0.2, 0) is 4.79 Å². The van der Waals surface area contributed by atoms with Gasteiger partial charge in [-0.1, -0.05) is 29.8 Å². The molecule has 1 amide bonds. The van der Waals surface area contributed by atoms with E-state index in [-0.39, 0.29) is 30.1 Å². The van der Waals surface area contributed by atoms with Gasteiger partial charge >= 0.3 is 0 Å². The van der Waals surface area contributed by atoms with Gasteiger partial charge in [0.15, 0.2) is 5.11 Å². The SMILES string of the molecule is Cc1ccc(NC(=O)CCN2C(=S)N[C@H](c3ccccn3)[C@@H]2c2cccn2-c2cccc([N+](=O)[O-])c2)cc1. The maximum Gasteiger partial charge on any atom is 0.271 e. The lowest BCUT2D eigenvalue weighted by molar-refractivity contribution is -0.384. The second kappa shape index (κ2) is 10.8. The molecule has 9 nitrogen and oxygen atoms in total. The van der Waals surface area contributed by atoms with Crippen molar-refractivity contribution in [2.24, 2.45) is 0 Å². The number of amides is 1. The van der Waals surface area contributed by atoms with Crippen LogP contribution < -0.4 is 10.6 Å². The van der Waals surface area contributed by atoms with Crippen LogP contribution in [0.3, 0.4) is 0 Å². The number of nitrogens with one attached hydrogen (secondary N) is 2. The third-order valence-electron chi connectivity index (χ3n) is 6.51. The Morgan fingerprint density at radius 3 is 2.66 bits per heavy atom. The van der Waals surface area contributed by atoms with E-state index in [1.807, 2.05) is 83.3 Å². The van der Waals surface area contributed by atoms with E-state index < -0.39 is 4.92 Å². The van der Waals surface area contributed by atoms with Crippen LogP contribution in [0.2, 0.25) is 0 Å². The van der Waals surface area contributed by atoms with Crippen molar-refractivity contribution in [3.63, 3.8) is 0 Å². The number of benzene rings is 2. The van der Waals surface area contributed by atoms with E-state index in [9.17, 15) is 14.9 Å². The average molecular weight is 527 g/mol. The fraction of sp³-hybridized carbons (Fsp3) is 0.179. The van der Waals surface area contributed by atoms with Crippen molar-refractivity contribution in [2.45, 2.75) is 25.4 Å². The number of carbonyl (C=O) groups excluding carboxylic acids is 1. The van der Waals surface area contributed by atoms with E-state index in [0.717, 1.165) is 22.6 Å². The van der Waals surface area contributed by atoms with Gasteiger partial charge in [0.05, 0.1) is 28.4 Å². The first kappa shape index (κ1) is 25.1. The minimum atomic E-state index is -0.408. The Labute approximate surface area is 225 Å². The van der Waals surface area contributed by atoms with Gasteiger partial charge in [0.25, 0.3) is 5.69 Å². The van der Waals surface area contributed by atoms with Crippen LogP contribution in [0, 0.1) is 17.0 Å². The summed E-state index contributed by atoms with van der Waals surface area (Å²) in [4.78, 5) is 30.4. The number of non-ortho nitro benzene ring substituents is 1. The van der Waals surface area contributed by atoms with Crippen LogP contribution in [-0.4, -0.2) is 36.9 Å². The number of thiocarbonyl (C=S) groups is 1. The molecule has 38 heavy (non-hydrogen) atoms. The minimum Gasteiger partial charge on any atom is -0.352 e. The summed E-state index contributed by atoms with van der Waals surface area (Å²) in [6.45, 7) is 2.37. The number of nitro groups is 1. The summed E-state index contributed by atoms with van der Waals surface area (Å²) in [6.07, 6.45) is 3.82. The van der Waals surface area contributed by atoms with E-state index in [0.29, 0.717) is 17.3 Å². The van der Waals surface area contributed by atoms with Gasteiger partial charge in [0.1, 0.15) is 0 Å². The summed E-state index contributed by atoms with van der Waals surface area (Å²) in [5.74, 6) is -0.120. The lowest BCUT2D eigenvalue weighted by Gasteiger charge is -2.28. The van der Waals surface area contributed by atoms with E-state index in [1.165, 1.54) is 6.07 Å². The molecule has 5 rings (SSSR count). The second-order valence-electron chi connectivity index (χ2n) is 9.06. The molecule has 0 radical (unpaired) electrons. The topological polar surface area (TPSA) is 105 Å². The quantitative estimate of drug-likeness (QED) is 0.187. The maximum atomic E-state index is 12.8. The predicted octanol–water partition coefficient (Wildman–Crippen LogP) is 5.09. The Balaban J connectivity index is 1.45. The smallest absolute Gasteiger partial charge is 0.271 e. The summed E-state index contributed by atoms with van der Waals surface area (Å²) in [5.41, 5.74) is 4.20. The molecule has 192 valence electrons. The van der Waals surface area contributed by atoms with Crippen molar-refractivity contribution < 1.29 is 9.72 Å². The van der Waals surface area contributed by atoms with Crippen LogP contribution in [0.25, 0.3) is 5.69 Å². The van der Waals surface area contributed by atoms with Crippen molar-refractivity contribution in [3.05, 3.63) is 118 Å². The predicted molar refractivity (Wildman–Crippen MR) is 149 cm³/mol. The largest absolute Gasteiger partial charge is 0.352 e. The van der Waals surface area contributed by atoms with Crippen LogP contribution in [0.4, 0.5) is 11.4 Å². The molecule has 3 heterocycles. The lowest BCUT2D eigenvalue weighted by atomic mass is 10.0. The molecule has 2 atom stereocenters. The molecular formula is C28H26N6O3S. The highest BCUT2D eigenvalue weighted by molar-refractivity contribution is 7.80. The monoisotopic (exact) mass is 526 g/mol. The molecule has 0 saturated carbocycles. The highest BCUT2D eigenvalue weighted by Gasteiger charge is 2.41. The van der Waals surface area contributed by atoms with E-state index in [1.54, 1.807) is 18.3 Å². The number of nitro benzene ring substituents is 1. The van der Waals surface area contributed by atoms with Gasteiger partial charge in [-0.3, -0.25) is 19.9 Å². The summed E-state index contributed by atoms with van der Waals surface area (Å²) in [6, 6.07) is 23.1. The fourth-order valence-electron chi connectivity index (χ4n) is 4.68. The minimum absolute atomic E-state index is 0.00752. The van der Waals surface area contributed by atoms with Gasteiger partial charge in [-0.05, 0) is 61.6 Å². The van der Waals surface area contributed by atoms with Crippen molar-refractivity contribution in [3.8, 4) is 5.69 Å². The van der Waals surface area contributed by atoms with Crippen molar-refractivity contribution >= 4 is 34.6 Å². The Morgan fingerprint density at radius 1 is 1.11 bits per heavy atom. The molecule has 0 unspecified atom stereocenters. The van der Waals surface area contributed by atoms with Gasteiger partial charge in [0, 0.05) is 48.9 Å². The Kier molecular flexibility index (Phi) is 7.14. The number of carbonyl (C=O) groups is 1. The number of hydrogen-bond acceptors (Lipinski definition) is 5. The van der Waals surface area contributed by atoms with Gasteiger partial charge in [0.2, 0.25) is 5.91 Å². The molecule has 1 saturated heterocycles. The van der Waals surface area contributed by atoms with Crippen LogP contribution in [0.15, 0.2) is 91.3 Å². The maximum absolute atomic E-state index is 12.8. The van der Waals surface area contributed by atoms with E-state index in [2.05, 4.69) is 15.6 Å². The number of rotatable bonds is 8. The molecule has 2 N–H and O–H groups in total. The molecule has 0 aliphatic carbocycles. The Bertz CT molecular complexity index is 1470. The van der Waals surface area contributed by atoms with Crippen molar-refractivity contribution in [1.29, 1.82) is 0 Å². The van der Waals surface area contributed by atoms with Crippen molar-refractivity contribution in [2.75, 3.05) is 11.9 Å². The summed E-state index contributed by atoms with van der Waals surface area (Å²) in [7, 11) is 0. The fourth-order valence-corrected chi connectivity index (χ4v) is 5.01. The average Bonchev–Trinajstić information content (AvgIpc) is 3.53. The molecule has 2 aromatic heterocycles. The molecule has 1 aliphatic rings. The molecule has 4 aromatic rings. The molecule has 0 bridgehead atoms. The first-order chi connectivity index (χ1) is 18.4. The number of pyridine rings is 1. The zero-order valence-corrected chi connectivity index (χ0v) is 21.5. The molecule has 10 heteroatoms. The zero-order valence-electron chi connectivity index (χ0n) is 20.7. The summed E-state index contributed by atoms with van der Waals surface area (Å²) >= 11 is 5.74. The molecule has 1 aliphatic heterocycles. The van der Waals surface area contributed by atoms with Gasteiger partial charge < -0.3 is 20.1 Å². The summed E-state index contributed by atoms with van der Waals surface area (Å²) in [5, 5.41) is 18.3. The van der Waals surface area contributed by atoms with Crippen LogP contribution >= 0.6 is 12.2 Å². The van der Waals surface area contributed by atoms with Gasteiger partial charge in [-0.2, -0.15) is 0 Å². The first-order valence-electron chi connectivity index (χ1n) is 12.2. The lowest BCUT2D eigenvalue weighted by Crippen LogP contribution is -2.33. The summed E-state index contributed by atoms with van der Waals surface area (Å²) < 4.78 is 1.92.